The number of amides is 2. The Balaban J connectivity index is 2.24. The Morgan fingerprint density at radius 2 is 1.70 bits per heavy atom. The predicted molar refractivity (Wildman–Crippen MR) is 132 cm³/mol. The first-order chi connectivity index (χ1) is 15.4. The van der Waals surface area contributed by atoms with Crippen LogP contribution in [0.15, 0.2) is 36.4 Å². The predicted octanol–water partition coefficient (Wildman–Crippen LogP) is 5.28. The number of aryl methyl sites for hydroxylation is 1. The van der Waals surface area contributed by atoms with Gasteiger partial charge in [-0.3, -0.25) is 9.59 Å². The van der Waals surface area contributed by atoms with E-state index in [0.717, 1.165) is 11.1 Å². The molecule has 0 aliphatic carbocycles. The fraction of sp³-hybridized carbons (Fsp3) is 0.440. The Kier molecular flexibility index (Phi) is 9.44. The Bertz CT molecular complexity index is 989. The van der Waals surface area contributed by atoms with Crippen molar-refractivity contribution in [3.63, 3.8) is 0 Å². The lowest BCUT2D eigenvalue weighted by Gasteiger charge is -2.31. The second kappa shape index (κ2) is 11.6. The number of ether oxygens (including phenoxy) is 2. The average Bonchev–Trinajstić information content (AvgIpc) is 2.75. The van der Waals surface area contributed by atoms with Crippen molar-refractivity contribution < 1.29 is 19.1 Å². The lowest BCUT2D eigenvalue weighted by atomic mass is 10.1. The number of methoxy groups -OCH3 is 2. The van der Waals surface area contributed by atoms with Crippen LogP contribution >= 0.6 is 23.2 Å². The van der Waals surface area contributed by atoms with Crippen LogP contribution < -0.4 is 14.8 Å². The van der Waals surface area contributed by atoms with Crippen molar-refractivity contribution in [2.24, 2.45) is 0 Å². The molecule has 0 fully saturated rings. The van der Waals surface area contributed by atoms with Crippen LogP contribution in [0.4, 0.5) is 0 Å². The maximum absolute atomic E-state index is 13.3. The van der Waals surface area contributed by atoms with Crippen LogP contribution in [0, 0.1) is 0 Å². The summed E-state index contributed by atoms with van der Waals surface area (Å²) >= 11 is 12.4. The Morgan fingerprint density at radius 1 is 1.03 bits per heavy atom. The molecule has 2 rings (SSSR count). The minimum absolute atomic E-state index is 0.160. The van der Waals surface area contributed by atoms with E-state index in [1.54, 1.807) is 44.2 Å². The van der Waals surface area contributed by atoms with Crippen molar-refractivity contribution in [3.05, 3.63) is 57.6 Å². The highest BCUT2D eigenvalue weighted by molar-refractivity contribution is 6.35. The average molecular weight is 495 g/mol. The van der Waals surface area contributed by atoms with Gasteiger partial charge in [0, 0.05) is 28.5 Å². The largest absolute Gasteiger partial charge is 0.493 e. The highest BCUT2D eigenvalue weighted by atomic mass is 35.5. The molecule has 2 aromatic rings. The van der Waals surface area contributed by atoms with E-state index < -0.39 is 11.6 Å². The smallest absolute Gasteiger partial charge is 0.242 e. The van der Waals surface area contributed by atoms with Gasteiger partial charge >= 0.3 is 0 Å². The van der Waals surface area contributed by atoms with Crippen LogP contribution in [0.5, 0.6) is 11.5 Å². The van der Waals surface area contributed by atoms with Gasteiger partial charge in [0.15, 0.2) is 11.5 Å². The topological polar surface area (TPSA) is 67.9 Å². The zero-order valence-corrected chi connectivity index (χ0v) is 21.5. The molecule has 0 unspecified atom stereocenters. The molecule has 0 heterocycles. The number of hydrogen-bond donors (Lipinski definition) is 1. The van der Waals surface area contributed by atoms with E-state index in [0.29, 0.717) is 28.0 Å². The van der Waals surface area contributed by atoms with Gasteiger partial charge in [0.25, 0.3) is 0 Å². The molecule has 1 atom stereocenters. The molecule has 0 saturated heterocycles. The Hall–Kier alpha value is -2.44. The quantitative estimate of drug-likeness (QED) is 0.515. The molecule has 2 aromatic carbocycles. The SMILES string of the molecule is COc1ccc(CCC(=O)N(Cc2ccc(Cl)cc2Cl)[C@H](C)C(=O)NC(C)(C)C)cc1OC. The maximum atomic E-state index is 13.3. The molecule has 2 amide bonds. The molecular weight excluding hydrogens is 463 g/mol. The summed E-state index contributed by atoms with van der Waals surface area (Å²) < 4.78 is 10.6. The molecule has 1 N–H and O–H groups in total. The van der Waals surface area contributed by atoms with Crippen LogP contribution in [-0.2, 0) is 22.6 Å². The van der Waals surface area contributed by atoms with Gasteiger partial charge in [0.2, 0.25) is 11.8 Å². The zero-order chi connectivity index (χ0) is 24.8. The van der Waals surface area contributed by atoms with Crippen molar-refractivity contribution >= 4 is 35.0 Å². The van der Waals surface area contributed by atoms with Crippen molar-refractivity contribution in [2.45, 2.75) is 58.7 Å². The number of nitrogens with one attached hydrogen (secondary N) is 1. The van der Waals surface area contributed by atoms with Crippen molar-refractivity contribution in [2.75, 3.05) is 14.2 Å². The van der Waals surface area contributed by atoms with Gasteiger partial charge in [0.1, 0.15) is 6.04 Å². The summed E-state index contributed by atoms with van der Waals surface area (Å²) in [5.41, 5.74) is 1.23. The van der Waals surface area contributed by atoms with Crippen LogP contribution in [0.3, 0.4) is 0 Å². The molecule has 180 valence electrons. The standard InChI is InChI=1S/C25H32Cl2N2O4/c1-16(24(31)28-25(2,3)4)29(15-18-9-10-19(26)14-20(18)27)23(30)12-8-17-7-11-21(32-5)22(13-17)33-6/h7,9-11,13-14,16H,8,12,15H2,1-6H3,(H,28,31)/t16-/m1/s1. The second-order valence-corrected chi connectivity index (χ2v) is 9.71. The Labute approximate surface area is 206 Å². The summed E-state index contributed by atoms with van der Waals surface area (Å²) in [6.07, 6.45) is 0.700. The molecular formula is C25H32Cl2N2O4. The minimum Gasteiger partial charge on any atom is -0.493 e. The number of nitrogens with zero attached hydrogens (tertiary/aromatic N) is 1. The summed E-state index contributed by atoms with van der Waals surface area (Å²) in [4.78, 5) is 27.7. The second-order valence-electron chi connectivity index (χ2n) is 8.86. The van der Waals surface area contributed by atoms with Crippen LogP contribution in [0.1, 0.15) is 45.2 Å². The van der Waals surface area contributed by atoms with Crippen LogP contribution in [0.25, 0.3) is 0 Å². The van der Waals surface area contributed by atoms with E-state index in [4.69, 9.17) is 32.7 Å². The number of rotatable bonds is 9. The lowest BCUT2D eigenvalue weighted by molar-refractivity contribution is -0.141. The summed E-state index contributed by atoms with van der Waals surface area (Å²) in [5.74, 6) is 0.837. The molecule has 6 nitrogen and oxygen atoms in total. The number of halogens is 2. The highest BCUT2D eigenvalue weighted by Gasteiger charge is 2.28. The van der Waals surface area contributed by atoms with E-state index in [1.165, 1.54) is 0 Å². The normalized spacial score (nSPS) is 12.1. The third-order valence-corrected chi connectivity index (χ3v) is 5.68. The first-order valence-electron chi connectivity index (χ1n) is 10.7. The highest BCUT2D eigenvalue weighted by Crippen LogP contribution is 2.28. The van der Waals surface area contributed by atoms with Gasteiger partial charge in [-0.05, 0) is 69.5 Å². The van der Waals surface area contributed by atoms with Gasteiger partial charge in [-0.15, -0.1) is 0 Å². The summed E-state index contributed by atoms with van der Waals surface area (Å²) in [7, 11) is 3.14. The molecule has 33 heavy (non-hydrogen) atoms. The fourth-order valence-corrected chi connectivity index (χ4v) is 3.79. The monoisotopic (exact) mass is 494 g/mol. The van der Waals surface area contributed by atoms with Gasteiger partial charge in [-0.25, -0.2) is 0 Å². The summed E-state index contributed by atoms with van der Waals surface area (Å²) in [5, 5.41) is 3.90. The third kappa shape index (κ3) is 7.83. The third-order valence-electron chi connectivity index (χ3n) is 5.10. The maximum Gasteiger partial charge on any atom is 0.242 e. The molecule has 0 aromatic heterocycles. The van der Waals surface area contributed by atoms with Gasteiger partial charge < -0.3 is 19.7 Å². The summed E-state index contributed by atoms with van der Waals surface area (Å²) in [6, 6.07) is 9.98. The minimum atomic E-state index is -0.686. The van der Waals surface area contributed by atoms with Crippen molar-refractivity contribution in [3.8, 4) is 11.5 Å². The molecule has 0 aliphatic rings. The first kappa shape index (κ1) is 26.8. The van der Waals surface area contributed by atoms with E-state index in [2.05, 4.69) is 5.32 Å². The van der Waals surface area contributed by atoms with Gasteiger partial charge in [-0.1, -0.05) is 35.3 Å². The van der Waals surface area contributed by atoms with E-state index in [-0.39, 0.29) is 24.8 Å². The number of benzene rings is 2. The first-order valence-corrected chi connectivity index (χ1v) is 11.5. The summed E-state index contributed by atoms with van der Waals surface area (Å²) in [6.45, 7) is 7.61. The van der Waals surface area contributed by atoms with E-state index in [9.17, 15) is 9.59 Å². The molecule has 0 aliphatic heterocycles. The van der Waals surface area contributed by atoms with Crippen molar-refractivity contribution in [1.82, 2.24) is 10.2 Å². The van der Waals surface area contributed by atoms with Gasteiger partial charge in [0.05, 0.1) is 14.2 Å². The molecule has 0 radical (unpaired) electrons. The molecule has 0 bridgehead atoms. The Morgan fingerprint density at radius 3 is 2.27 bits per heavy atom. The van der Waals surface area contributed by atoms with Crippen molar-refractivity contribution in [1.29, 1.82) is 0 Å². The lowest BCUT2D eigenvalue weighted by Crippen LogP contribution is -2.52. The van der Waals surface area contributed by atoms with Crippen LogP contribution in [0.2, 0.25) is 10.0 Å². The van der Waals surface area contributed by atoms with Gasteiger partial charge in [-0.2, -0.15) is 0 Å². The van der Waals surface area contributed by atoms with E-state index >= 15 is 0 Å². The number of carbonyl (C=O) groups excluding carboxylic acids is 2. The number of carbonyl (C=O) groups is 2. The van der Waals surface area contributed by atoms with Crippen LogP contribution in [-0.4, -0.2) is 42.5 Å². The zero-order valence-electron chi connectivity index (χ0n) is 20.0. The molecule has 8 heteroatoms. The fourth-order valence-electron chi connectivity index (χ4n) is 3.32. The molecule has 0 spiro atoms. The molecule has 0 saturated carbocycles. The van der Waals surface area contributed by atoms with E-state index in [1.807, 2.05) is 39.0 Å². The number of hydrogen-bond acceptors (Lipinski definition) is 4.